The van der Waals surface area contributed by atoms with Crippen LogP contribution in [0.2, 0.25) is 0 Å². The van der Waals surface area contributed by atoms with Crippen molar-refractivity contribution in [1.82, 2.24) is 9.88 Å². The number of amides is 1. The fraction of sp³-hybridized carbons (Fsp3) is 0.429. The SMILES string of the molecule is CCCC(c1ccc(C(=O)O)cc1OC)c1c[nH]c2ccc(CC3CCN(CCC)C3=O)cc12. The smallest absolute Gasteiger partial charge is 0.335 e. The van der Waals surface area contributed by atoms with E-state index in [1.165, 1.54) is 11.1 Å². The molecular weight excluding hydrogens is 428 g/mol. The van der Waals surface area contributed by atoms with Gasteiger partial charge in [0.1, 0.15) is 5.75 Å². The summed E-state index contributed by atoms with van der Waals surface area (Å²) in [5.41, 5.74) is 4.61. The van der Waals surface area contributed by atoms with Crippen molar-refractivity contribution in [3.8, 4) is 5.75 Å². The van der Waals surface area contributed by atoms with Crippen molar-refractivity contribution in [2.24, 2.45) is 5.92 Å². The molecular formula is C28H34N2O4. The second-order valence-corrected chi connectivity index (χ2v) is 9.24. The zero-order valence-electron chi connectivity index (χ0n) is 20.3. The molecule has 0 aliphatic carbocycles. The molecule has 1 aromatic heterocycles. The highest BCUT2D eigenvalue weighted by Crippen LogP contribution is 2.39. The van der Waals surface area contributed by atoms with Gasteiger partial charge >= 0.3 is 5.97 Å². The largest absolute Gasteiger partial charge is 0.496 e. The number of methoxy groups -OCH3 is 1. The molecule has 180 valence electrons. The Morgan fingerprint density at radius 2 is 2.00 bits per heavy atom. The highest BCUT2D eigenvalue weighted by Gasteiger charge is 2.31. The highest BCUT2D eigenvalue weighted by molar-refractivity contribution is 5.89. The van der Waals surface area contributed by atoms with Crippen molar-refractivity contribution in [1.29, 1.82) is 0 Å². The molecule has 0 bridgehead atoms. The molecule has 0 spiro atoms. The summed E-state index contributed by atoms with van der Waals surface area (Å²) < 4.78 is 5.61. The van der Waals surface area contributed by atoms with Crippen LogP contribution in [-0.2, 0) is 11.2 Å². The monoisotopic (exact) mass is 462 g/mol. The molecule has 34 heavy (non-hydrogen) atoms. The maximum absolute atomic E-state index is 12.8. The number of aromatic nitrogens is 1. The number of nitrogens with one attached hydrogen (secondary N) is 1. The Kier molecular flexibility index (Phi) is 7.25. The summed E-state index contributed by atoms with van der Waals surface area (Å²) in [6.07, 6.45) is 6.62. The van der Waals surface area contributed by atoms with Crippen molar-refractivity contribution in [2.45, 2.75) is 51.9 Å². The molecule has 1 aliphatic heterocycles. The standard InChI is InChI=1S/C28H34N2O4/c1-4-6-21(22-9-8-20(28(32)33)16-26(22)34-3)24-17-29-25-10-7-18(15-23(24)25)14-19-11-13-30(12-5-2)27(19)31/h7-10,15-17,19,21,29H,4-6,11-14H2,1-3H3,(H,32,33). The number of benzene rings is 2. The Labute approximate surface area is 200 Å². The predicted molar refractivity (Wildman–Crippen MR) is 134 cm³/mol. The van der Waals surface area contributed by atoms with Gasteiger partial charge in [0.05, 0.1) is 12.7 Å². The van der Waals surface area contributed by atoms with Crippen LogP contribution in [0.15, 0.2) is 42.6 Å². The lowest BCUT2D eigenvalue weighted by molar-refractivity contribution is -0.130. The van der Waals surface area contributed by atoms with E-state index in [-0.39, 0.29) is 23.3 Å². The maximum atomic E-state index is 12.8. The van der Waals surface area contributed by atoms with Crippen LogP contribution in [-0.4, -0.2) is 47.1 Å². The summed E-state index contributed by atoms with van der Waals surface area (Å²) in [4.78, 5) is 29.6. The Hall–Kier alpha value is -3.28. The normalized spacial score (nSPS) is 16.9. The molecule has 0 saturated carbocycles. The van der Waals surface area contributed by atoms with Crippen molar-refractivity contribution in [3.63, 3.8) is 0 Å². The van der Waals surface area contributed by atoms with E-state index in [4.69, 9.17) is 4.74 Å². The Morgan fingerprint density at radius 3 is 2.71 bits per heavy atom. The second kappa shape index (κ2) is 10.3. The van der Waals surface area contributed by atoms with Crippen LogP contribution in [0.4, 0.5) is 0 Å². The number of carboxylic acids is 1. The summed E-state index contributed by atoms with van der Waals surface area (Å²) in [6.45, 7) is 5.97. The molecule has 0 radical (unpaired) electrons. The van der Waals surface area contributed by atoms with Crippen LogP contribution in [0.5, 0.6) is 5.75 Å². The minimum absolute atomic E-state index is 0.0569. The number of carbonyl (C=O) groups is 2. The topological polar surface area (TPSA) is 82.6 Å². The molecule has 2 unspecified atom stereocenters. The fourth-order valence-electron chi connectivity index (χ4n) is 5.27. The fourth-order valence-corrected chi connectivity index (χ4v) is 5.27. The Morgan fingerprint density at radius 1 is 1.18 bits per heavy atom. The number of rotatable bonds is 10. The van der Waals surface area contributed by atoms with E-state index in [0.29, 0.717) is 5.75 Å². The lowest BCUT2D eigenvalue weighted by Gasteiger charge is -2.20. The zero-order valence-corrected chi connectivity index (χ0v) is 20.3. The van der Waals surface area contributed by atoms with Gasteiger partial charge in [-0.3, -0.25) is 4.79 Å². The third kappa shape index (κ3) is 4.67. The van der Waals surface area contributed by atoms with Gasteiger partial charge in [-0.1, -0.05) is 32.4 Å². The number of aromatic carboxylic acids is 1. The molecule has 1 fully saturated rings. The minimum atomic E-state index is -0.965. The van der Waals surface area contributed by atoms with Gasteiger partial charge < -0.3 is 19.7 Å². The number of hydrogen-bond donors (Lipinski definition) is 2. The molecule has 2 atom stereocenters. The van der Waals surface area contributed by atoms with Crippen LogP contribution >= 0.6 is 0 Å². The number of hydrogen-bond acceptors (Lipinski definition) is 3. The maximum Gasteiger partial charge on any atom is 0.335 e. The van der Waals surface area contributed by atoms with Crippen LogP contribution in [0.25, 0.3) is 10.9 Å². The number of ether oxygens (including phenoxy) is 1. The van der Waals surface area contributed by atoms with E-state index in [1.807, 2.05) is 11.0 Å². The average Bonchev–Trinajstić information content (AvgIpc) is 3.41. The summed E-state index contributed by atoms with van der Waals surface area (Å²) in [6, 6.07) is 11.6. The van der Waals surface area contributed by atoms with Crippen LogP contribution in [0, 0.1) is 5.92 Å². The van der Waals surface area contributed by atoms with Crippen molar-refractivity contribution < 1.29 is 19.4 Å². The summed E-state index contributed by atoms with van der Waals surface area (Å²) in [7, 11) is 1.58. The second-order valence-electron chi connectivity index (χ2n) is 9.24. The first-order valence-electron chi connectivity index (χ1n) is 12.3. The van der Waals surface area contributed by atoms with E-state index in [0.717, 1.165) is 61.7 Å². The van der Waals surface area contributed by atoms with Gasteiger partial charge in [0.15, 0.2) is 0 Å². The lowest BCUT2D eigenvalue weighted by Crippen LogP contribution is -2.28. The van der Waals surface area contributed by atoms with Gasteiger partial charge in [0.2, 0.25) is 5.91 Å². The highest BCUT2D eigenvalue weighted by atomic mass is 16.5. The van der Waals surface area contributed by atoms with Crippen LogP contribution < -0.4 is 4.74 Å². The first kappa shape index (κ1) is 23.9. The third-order valence-corrected chi connectivity index (χ3v) is 6.97. The number of nitrogens with zero attached hydrogens (tertiary/aromatic N) is 1. The molecule has 2 N–H and O–H groups in total. The van der Waals surface area contributed by atoms with Gasteiger partial charge in [0, 0.05) is 47.6 Å². The van der Waals surface area contributed by atoms with Crippen molar-refractivity contribution in [2.75, 3.05) is 20.2 Å². The number of carboxylic acid groups (broad SMARTS) is 1. The third-order valence-electron chi connectivity index (χ3n) is 6.97. The number of likely N-dealkylation sites (tertiary alicyclic amines) is 1. The summed E-state index contributed by atoms with van der Waals surface area (Å²) in [5.74, 6) is 0.0359. The summed E-state index contributed by atoms with van der Waals surface area (Å²) >= 11 is 0. The number of fused-ring (bicyclic) bond motifs is 1. The zero-order chi connectivity index (χ0) is 24.2. The molecule has 2 aromatic carbocycles. The Balaban J connectivity index is 1.68. The molecule has 4 rings (SSSR count). The molecule has 1 amide bonds. The van der Waals surface area contributed by atoms with E-state index >= 15 is 0 Å². The predicted octanol–water partition coefficient (Wildman–Crippen LogP) is 5.61. The van der Waals surface area contributed by atoms with E-state index in [1.54, 1.807) is 19.2 Å². The molecule has 6 heteroatoms. The molecule has 6 nitrogen and oxygen atoms in total. The van der Waals surface area contributed by atoms with Gasteiger partial charge in [-0.25, -0.2) is 4.79 Å². The van der Waals surface area contributed by atoms with E-state index in [9.17, 15) is 14.7 Å². The molecule has 1 saturated heterocycles. The lowest BCUT2D eigenvalue weighted by atomic mass is 9.85. The number of aromatic amines is 1. The van der Waals surface area contributed by atoms with Crippen LogP contribution in [0.1, 0.15) is 72.5 Å². The van der Waals surface area contributed by atoms with Crippen molar-refractivity contribution in [3.05, 3.63) is 64.8 Å². The van der Waals surface area contributed by atoms with Crippen LogP contribution in [0.3, 0.4) is 0 Å². The number of carbonyl (C=O) groups excluding carboxylic acids is 1. The molecule has 2 heterocycles. The van der Waals surface area contributed by atoms with Crippen molar-refractivity contribution >= 4 is 22.8 Å². The minimum Gasteiger partial charge on any atom is -0.496 e. The summed E-state index contributed by atoms with van der Waals surface area (Å²) in [5, 5.41) is 10.5. The number of H-pyrrole nitrogens is 1. The van der Waals surface area contributed by atoms with Gasteiger partial charge in [-0.2, -0.15) is 0 Å². The van der Waals surface area contributed by atoms with E-state index < -0.39 is 5.97 Å². The first-order valence-corrected chi connectivity index (χ1v) is 12.3. The quantitative estimate of drug-likeness (QED) is 0.410. The average molecular weight is 463 g/mol. The van der Waals surface area contributed by atoms with Gasteiger partial charge in [0.25, 0.3) is 0 Å². The Bertz CT molecular complexity index is 1180. The van der Waals surface area contributed by atoms with Gasteiger partial charge in [-0.15, -0.1) is 0 Å². The van der Waals surface area contributed by atoms with Gasteiger partial charge in [-0.05, 0) is 61.1 Å². The molecule has 3 aromatic rings. The first-order chi connectivity index (χ1) is 16.5. The van der Waals surface area contributed by atoms with E-state index in [2.05, 4.69) is 43.2 Å². The molecule has 1 aliphatic rings.